The zero-order valence-electron chi connectivity index (χ0n) is 17.8. The Morgan fingerprint density at radius 2 is 1.73 bits per heavy atom. The molecule has 0 saturated heterocycles. The van der Waals surface area contributed by atoms with Crippen LogP contribution in [0.4, 0.5) is 0 Å². The van der Waals surface area contributed by atoms with E-state index in [-0.39, 0.29) is 11.0 Å². The molecular weight excluding hydrogens is 396 g/mol. The number of aromatic nitrogens is 4. The maximum Gasteiger partial charge on any atom is 0.266 e. The zero-order chi connectivity index (χ0) is 21.5. The van der Waals surface area contributed by atoms with E-state index in [9.17, 15) is 4.79 Å². The van der Waals surface area contributed by atoms with Gasteiger partial charge in [-0.05, 0) is 49.2 Å². The van der Waals surface area contributed by atoms with Crippen LogP contribution in [-0.4, -0.2) is 19.7 Å². The summed E-state index contributed by atoms with van der Waals surface area (Å²) >= 11 is 1.43. The van der Waals surface area contributed by atoms with Crippen LogP contribution in [0.15, 0.2) is 56.9 Å². The predicted octanol–water partition coefficient (Wildman–Crippen LogP) is 4.98. The Bertz CT molecular complexity index is 1260. The highest BCUT2D eigenvalue weighted by Gasteiger charge is 2.22. The first-order valence-electron chi connectivity index (χ1n) is 9.79. The van der Waals surface area contributed by atoms with Crippen LogP contribution >= 0.6 is 11.8 Å². The molecule has 0 saturated carbocycles. The summed E-state index contributed by atoms with van der Waals surface area (Å²) in [7, 11) is 0. The molecule has 2 heterocycles. The van der Waals surface area contributed by atoms with Crippen molar-refractivity contribution >= 4 is 22.7 Å². The van der Waals surface area contributed by atoms with Gasteiger partial charge in [0.1, 0.15) is 0 Å². The Hall–Kier alpha value is -2.93. The topological polar surface area (TPSA) is 73.8 Å². The van der Waals surface area contributed by atoms with E-state index in [1.54, 1.807) is 4.57 Å². The van der Waals surface area contributed by atoms with E-state index >= 15 is 0 Å². The van der Waals surface area contributed by atoms with Gasteiger partial charge in [-0.3, -0.25) is 9.36 Å². The van der Waals surface area contributed by atoms with Crippen LogP contribution in [0.3, 0.4) is 0 Å². The van der Waals surface area contributed by atoms with Crippen LogP contribution in [0.25, 0.3) is 16.6 Å². The molecule has 4 rings (SSSR count). The fraction of sp³-hybridized carbons (Fsp3) is 0.304. The molecule has 154 valence electrons. The maximum atomic E-state index is 13.4. The second-order valence-corrected chi connectivity index (χ2v) is 9.39. The van der Waals surface area contributed by atoms with Crippen molar-refractivity contribution in [2.75, 3.05) is 0 Å². The molecule has 0 N–H and O–H groups in total. The minimum Gasteiger partial charge on any atom is -0.339 e. The van der Waals surface area contributed by atoms with Crippen molar-refractivity contribution in [3.05, 3.63) is 75.7 Å². The number of benzene rings is 2. The number of thioether (sulfide) groups is 1. The van der Waals surface area contributed by atoms with E-state index in [0.717, 1.165) is 16.8 Å². The quantitative estimate of drug-likeness (QED) is 0.343. The first-order valence-corrected chi connectivity index (χ1v) is 10.8. The monoisotopic (exact) mass is 420 g/mol. The Balaban J connectivity index is 1.80. The molecule has 0 amide bonds. The lowest BCUT2D eigenvalue weighted by atomic mass is 9.97. The zero-order valence-corrected chi connectivity index (χ0v) is 18.6. The number of hydrogen-bond donors (Lipinski definition) is 0. The molecule has 0 atom stereocenters. The van der Waals surface area contributed by atoms with Crippen LogP contribution in [0.2, 0.25) is 0 Å². The standard InChI is InChI=1S/C23H24N4O2S/c1-14-10-15(2)12-16(11-14)27-20(28)17-8-6-7-9-18(17)24-22(27)30-13-19-25-21(29-26-19)23(3,4)5/h6-12H,13H2,1-5H3. The van der Waals surface area contributed by atoms with E-state index in [1.807, 2.05) is 71.0 Å². The summed E-state index contributed by atoms with van der Waals surface area (Å²) in [5.41, 5.74) is 3.37. The molecule has 0 bridgehead atoms. The summed E-state index contributed by atoms with van der Waals surface area (Å²) in [5, 5.41) is 5.29. The molecule has 2 aromatic carbocycles. The fourth-order valence-electron chi connectivity index (χ4n) is 3.26. The number of hydrogen-bond acceptors (Lipinski definition) is 6. The summed E-state index contributed by atoms with van der Waals surface area (Å²) in [6.07, 6.45) is 0. The molecule has 0 aliphatic carbocycles. The minimum absolute atomic E-state index is 0.0865. The summed E-state index contributed by atoms with van der Waals surface area (Å²) < 4.78 is 7.07. The molecule has 0 unspecified atom stereocenters. The molecule has 0 fully saturated rings. The Labute approximate surface area is 179 Å². The van der Waals surface area contributed by atoms with E-state index in [2.05, 4.69) is 16.2 Å². The third kappa shape index (κ3) is 4.03. The van der Waals surface area contributed by atoms with E-state index < -0.39 is 0 Å². The van der Waals surface area contributed by atoms with Crippen molar-refractivity contribution in [2.45, 2.75) is 50.9 Å². The van der Waals surface area contributed by atoms with Crippen LogP contribution in [0.1, 0.15) is 43.6 Å². The van der Waals surface area contributed by atoms with E-state index in [0.29, 0.717) is 33.5 Å². The highest BCUT2D eigenvalue weighted by Crippen LogP contribution is 2.26. The number of para-hydroxylation sites is 1. The van der Waals surface area contributed by atoms with Gasteiger partial charge < -0.3 is 4.52 Å². The van der Waals surface area contributed by atoms with E-state index in [1.165, 1.54) is 11.8 Å². The normalized spacial score (nSPS) is 11.9. The second-order valence-electron chi connectivity index (χ2n) is 8.45. The predicted molar refractivity (Wildman–Crippen MR) is 119 cm³/mol. The first kappa shape index (κ1) is 20.3. The third-order valence-electron chi connectivity index (χ3n) is 4.65. The summed E-state index contributed by atoms with van der Waals surface area (Å²) in [6, 6.07) is 13.5. The average molecular weight is 421 g/mol. The maximum absolute atomic E-state index is 13.4. The van der Waals surface area contributed by atoms with Gasteiger partial charge in [0.2, 0.25) is 5.89 Å². The van der Waals surface area contributed by atoms with Crippen LogP contribution in [0, 0.1) is 13.8 Å². The lowest BCUT2D eigenvalue weighted by Crippen LogP contribution is -2.22. The fourth-order valence-corrected chi connectivity index (χ4v) is 4.12. The highest BCUT2D eigenvalue weighted by molar-refractivity contribution is 7.98. The Morgan fingerprint density at radius 1 is 1.03 bits per heavy atom. The lowest BCUT2D eigenvalue weighted by molar-refractivity contribution is 0.319. The average Bonchev–Trinajstić information content (AvgIpc) is 3.15. The molecule has 0 radical (unpaired) electrons. The summed E-state index contributed by atoms with van der Waals surface area (Å²) in [5.74, 6) is 1.63. The van der Waals surface area contributed by atoms with Crippen molar-refractivity contribution in [1.29, 1.82) is 0 Å². The molecule has 6 nitrogen and oxygen atoms in total. The number of rotatable bonds is 4. The largest absolute Gasteiger partial charge is 0.339 e. The number of aryl methyl sites for hydroxylation is 2. The van der Waals surface area contributed by atoms with Gasteiger partial charge >= 0.3 is 0 Å². The molecule has 4 aromatic rings. The summed E-state index contributed by atoms with van der Waals surface area (Å²) in [4.78, 5) is 22.7. The van der Waals surface area contributed by atoms with Crippen molar-refractivity contribution in [1.82, 2.24) is 19.7 Å². The van der Waals surface area contributed by atoms with Crippen molar-refractivity contribution < 1.29 is 4.52 Å². The molecule has 30 heavy (non-hydrogen) atoms. The lowest BCUT2D eigenvalue weighted by Gasteiger charge is -2.14. The number of nitrogens with zero attached hydrogens (tertiary/aromatic N) is 4. The van der Waals surface area contributed by atoms with Gasteiger partial charge in [0.25, 0.3) is 5.56 Å². The van der Waals surface area contributed by atoms with Gasteiger partial charge in [0.05, 0.1) is 22.3 Å². The van der Waals surface area contributed by atoms with Gasteiger partial charge in [0, 0.05) is 5.41 Å². The third-order valence-corrected chi connectivity index (χ3v) is 5.58. The van der Waals surface area contributed by atoms with Crippen LogP contribution in [-0.2, 0) is 11.2 Å². The summed E-state index contributed by atoms with van der Waals surface area (Å²) in [6.45, 7) is 10.1. The molecule has 7 heteroatoms. The smallest absolute Gasteiger partial charge is 0.266 e. The van der Waals surface area contributed by atoms with Crippen LogP contribution < -0.4 is 5.56 Å². The van der Waals surface area contributed by atoms with Crippen molar-refractivity contribution in [3.8, 4) is 5.69 Å². The SMILES string of the molecule is Cc1cc(C)cc(-n2c(SCc3noc(C(C)(C)C)n3)nc3ccccc3c2=O)c1. The molecular formula is C23H24N4O2S. The second kappa shape index (κ2) is 7.72. The van der Waals surface area contributed by atoms with Gasteiger partial charge in [-0.2, -0.15) is 4.98 Å². The van der Waals surface area contributed by atoms with E-state index in [4.69, 9.17) is 9.51 Å². The molecule has 0 aliphatic rings. The van der Waals surface area contributed by atoms with Gasteiger partial charge in [-0.1, -0.05) is 55.9 Å². The Morgan fingerprint density at radius 3 is 2.40 bits per heavy atom. The minimum atomic E-state index is -0.210. The van der Waals surface area contributed by atoms with Crippen molar-refractivity contribution in [2.24, 2.45) is 0 Å². The Kier molecular flexibility index (Phi) is 5.24. The first-order chi connectivity index (χ1) is 14.2. The van der Waals surface area contributed by atoms with Crippen LogP contribution in [0.5, 0.6) is 0 Å². The number of fused-ring (bicyclic) bond motifs is 1. The molecule has 0 spiro atoms. The molecule has 0 aliphatic heterocycles. The van der Waals surface area contributed by atoms with Gasteiger partial charge in [-0.15, -0.1) is 0 Å². The highest BCUT2D eigenvalue weighted by atomic mass is 32.2. The van der Waals surface area contributed by atoms with Gasteiger partial charge in [0.15, 0.2) is 11.0 Å². The van der Waals surface area contributed by atoms with Crippen molar-refractivity contribution in [3.63, 3.8) is 0 Å². The van der Waals surface area contributed by atoms with Gasteiger partial charge in [-0.25, -0.2) is 4.98 Å². The molecule has 2 aromatic heterocycles.